The fraction of sp³-hybridized carbons (Fsp3) is 0.917. The van der Waals surface area contributed by atoms with Gasteiger partial charge in [-0.05, 0) is 12.3 Å². The second kappa shape index (κ2) is 5.91. The number of hydrogen-bond acceptors (Lipinski definition) is 2. The lowest BCUT2D eigenvalue weighted by molar-refractivity contribution is -0.162. The fourth-order valence-corrected chi connectivity index (χ4v) is 2.24. The molecule has 0 aliphatic carbocycles. The molecule has 2 unspecified atom stereocenters. The van der Waals surface area contributed by atoms with Crippen molar-refractivity contribution in [3.05, 3.63) is 0 Å². The maximum atomic E-state index is 12.5. The molecule has 0 aromatic heterocycles. The highest BCUT2D eigenvalue weighted by atomic mass is 19.4. The van der Waals surface area contributed by atoms with E-state index in [0.29, 0.717) is 6.42 Å². The Hall–Kier alpha value is -0.780. The zero-order valence-electron chi connectivity index (χ0n) is 11.0. The minimum atomic E-state index is -4.34. The highest BCUT2D eigenvalue weighted by Crippen LogP contribution is 2.25. The maximum Gasteiger partial charge on any atom is 0.406 e. The van der Waals surface area contributed by atoms with Gasteiger partial charge in [0, 0.05) is 0 Å². The third kappa shape index (κ3) is 3.86. The first-order valence-electron chi connectivity index (χ1n) is 6.39. The van der Waals surface area contributed by atoms with Gasteiger partial charge in [0.2, 0.25) is 5.91 Å². The van der Waals surface area contributed by atoms with Crippen LogP contribution in [-0.2, 0) is 4.79 Å². The van der Waals surface area contributed by atoms with Gasteiger partial charge in [0.15, 0.2) is 0 Å². The number of unbranched alkanes of at least 4 members (excludes halogenated alkanes) is 1. The van der Waals surface area contributed by atoms with E-state index < -0.39 is 30.8 Å². The van der Waals surface area contributed by atoms with Crippen LogP contribution in [0, 0.1) is 5.92 Å². The summed E-state index contributed by atoms with van der Waals surface area (Å²) in [6.07, 6.45) is -2.48. The Labute approximate surface area is 106 Å². The van der Waals surface area contributed by atoms with Gasteiger partial charge in [-0.3, -0.25) is 10.1 Å². The van der Waals surface area contributed by atoms with E-state index in [0.717, 1.165) is 17.7 Å². The van der Waals surface area contributed by atoms with Crippen LogP contribution >= 0.6 is 0 Å². The number of carbonyl (C=O) groups excluding carboxylic acids is 1. The molecule has 1 heterocycles. The first kappa shape index (κ1) is 15.3. The predicted molar refractivity (Wildman–Crippen MR) is 62.8 cm³/mol. The molecule has 1 rings (SSSR count). The van der Waals surface area contributed by atoms with Crippen LogP contribution in [0.1, 0.15) is 40.0 Å². The quantitative estimate of drug-likeness (QED) is 0.829. The van der Waals surface area contributed by atoms with E-state index in [1.807, 2.05) is 20.8 Å². The zero-order valence-corrected chi connectivity index (χ0v) is 11.0. The summed E-state index contributed by atoms with van der Waals surface area (Å²) in [5.41, 5.74) is 0. The van der Waals surface area contributed by atoms with Gasteiger partial charge in [0.05, 0.1) is 12.2 Å². The molecule has 1 aliphatic rings. The zero-order chi connectivity index (χ0) is 13.9. The minimum absolute atomic E-state index is 0.0390. The van der Waals surface area contributed by atoms with Gasteiger partial charge in [0.1, 0.15) is 6.54 Å². The third-order valence-electron chi connectivity index (χ3n) is 3.12. The number of hydrogen-bond donors (Lipinski definition) is 1. The van der Waals surface area contributed by atoms with E-state index in [1.165, 1.54) is 0 Å². The van der Waals surface area contributed by atoms with Gasteiger partial charge >= 0.3 is 6.18 Å². The summed E-state index contributed by atoms with van der Waals surface area (Å²) in [5, 5.41) is 3.02. The largest absolute Gasteiger partial charge is 0.406 e. The Bertz CT molecular complexity index is 292. The molecule has 0 spiro atoms. The molecule has 0 aromatic rings. The second-order valence-electron chi connectivity index (χ2n) is 5.13. The van der Waals surface area contributed by atoms with E-state index in [9.17, 15) is 18.0 Å². The van der Waals surface area contributed by atoms with Gasteiger partial charge in [-0.15, -0.1) is 0 Å². The number of carbonyl (C=O) groups is 1. The molecule has 3 nitrogen and oxygen atoms in total. The van der Waals surface area contributed by atoms with Gasteiger partial charge in [-0.25, -0.2) is 0 Å². The Kier molecular flexibility index (Phi) is 5.01. The molecule has 6 heteroatoms. The van der Waals surface area contributed by atoms with E-state index in [4.69, 9.17) is 0 Å². The van der Waals surface area contributed by atoms with Crippen LogP contribution in [0.25, 0.3) is 0 Å². The average Bonchev–Trinajstić information content (AvgIpc) is 2.52. The number of amides is 1. The molecule has 1 aliphatic heterocycles. The van der Waals surface area contributed by atoms with Crippen molar-refractivity contribution < 1.29 is 18.0 Å². The second-order valence-corrected chi connectivity index (χ2v) is 5.13. The fourth-order valence-electron chi connectivity index (χ4n) is 2.24. The summed E-state index contributed by atoms with van der Waals surface area (Å²) in [6.45, 7) is 4.46. The number of rotatable bonds is 5. The first-order valence-corrected chi connectivity index (χ1v) is 6.39. The molecule has 1 fully saturated rings. The molecular weight excluding hydrogens is 245 g/mol. The van der Waals surface area contributed by atoms with Crippen molar-refractivity contribution in [2.24, 2.45) is 5.92 Å². The summed E-state index contributed by atoms with van der Waals surface area (Å²) < 4.78 is 37.4. The van der Waals surface area contributed by atoms with Crippen LogP contribution in [0.15, 0.2) is 0 Å². The maximum absolute atomic E-state index is 12.5. The van der Waals surface area contributed by atoms with Gasteiger partial charge in [0.25, 0.3) is 0 Å². The van der Waals surface area contributed by atoms with E-state index in [-0.39, 0.29) is 5.92 Å². The van der Waals surface area contributed by atoms with Crippen molar-refractivity contribution >= 4 is 5.91 Å². The summed E-state index contributed by atoms with van der Waals surface area (Å²) in [6, 6.07) is -0.459. The Morgan fingerprint density at radius 2 is 2.00 bits per heavy atom. The minimum Gasteiger partial charge on any atom is -0.316 e. The summed E-state index contributed by atoms with van der Waals surface area (Å²) in [5.74, 6) is -0.456. The highest BCUT2D eigenvalue weighted by molar-refractivity contribution is 5.84. The van der Waals surface area contributed by atoms with Gasteiger partial charge in [-0.2, -0.15) is 13.2 Å². The molecule has 0 bridgehead atoms. The average molecular weight is 266 g/mol. The molecule has 18 heavy (non-hydrogen) atoms. The molecule has 0 radical (unpaired) electrons. The van der Waals surface area contributed by atoms with Crippen molar-refractivity contribution in [2.45, 2.75) is 58.4 Å². The highest BCUT2D eigenvalue weighted by Gasteiger charge is 2.44. The van der Waals surface area contributed by atoms with Crippen molar-refractivity contribution in [1.82, 2.24) is 10.2 Å². The molecule has 0 saturated carbocycles. The van der Waals surface area contributed by atoms with Crippen LogP contribution in [0.2, 0.25) is 0 Å². The van der Waals surface area contributed by atoms with Crippen LogP contribution in [0.4, 0.5) is 13.2 Å². The number of halogens is 3. The number of alkyl halides is 3. The smallest absolute Gasteiger partial charge is 0.316 e. The molecule has 2 atom stereocenters. The van der Waals surface area contributed by atoms with Crippen molar-refractivity contribution in [2.75, 3.05) is 6.54 Å². The SMILES string of the molecule is CCCCC1NC(C(C)C)N(CC(F)(F)F)C1=O. The van der Waals surface area contributed by atoms with Gasteiger partial charge in [-0.1, -0.05) is 33.6 Å². The Balaban J connectivity index is 2.75. The van der Waals surface area contributed by atoms with E-state index in [1.54, 1.807) is 0 Å². The van der Waals surface area contributed by atoms with E-state index in [2.05, 4.69) is 5.32 Å². The van der Waals surface area contributed by atoms with Crippen LogP contribution in [0.5, 0.6) is 0 Å². The molecule has 106 valence electrons. The van der Waals surface area contributed by atoms with Crippen molar-refractivity contribution in [1.29, 1.82) is 0 Å². The standard InChI is InChI=1S/C12H21F3N2O/c1-4-5-6-9-11(18)17(7-12(13,14)15)10(16-9)8(2)3/h8-10,16H,4-7H2,1-3H3. The van der Waals surface area contributed by atoms with Crippen LogP contribution < -0.4 is 5.32 Å². The molecular formula is C12H21F3N2O. The summed E-state index contributed by atoms with van der Waals surface area (Å²) in [7, 11) is 0. The summed E-state index contributed by atoms with van der Waals surface area (Å²) >= 11 is 0. The summed E-state index contributed by atoms with van der Waals surface area (Å²) in [4.78, 5) is 12.9. The third-order valence-corrected chi connectivity index (χ3v) is 3.12. The Morgan fingerprint density at radius 1 is 1.39 bits per heavy atom. The van der Waals surface area contributed by atoms with Gasteiger partial charge < -0.3 is 4.90 Å². The number of nitrogens with one attached hydrogen (secondary N) is 1. The number of nitrogens with zero attached hydrogens (tertiary/aromatic N) is 1. The lowest BCUT2D eigenvalue weighted by atomic mass is 10.1. The molecule has 1 N–H and O–H groups in total. The lowest BCUT2D eigenvalue weighted by Gasteiger charge is -2.27. The Morgan fingerprint density at radius 3 is 2.44 bits per heavy atom. The van der Waals surface area contributed by atoms with Crippen LogP contribution in [0.3, 0.4) is 0 Å². The first-order chi connectivity index (χ1) is 8.26. The monoisotopic (exact) mass is 266 g/mol. The van der Waals surface area contributed by atoms with Crippen LogP contribution in [-0.4, -0.2) is 35.7 Å². The van der Waals surface area contributed by atoms with E-state index >= 15 is 0 Å². The lowest BCUT2D eigenvalue weighted by Crippen LogP contribution is -2.45. The molecule has 1 saturated heterocycles. The molecule has 0 aromatic carbocycles. The van der Waals surface area contributed by atoms with Crippen molar-refractivity contribution in [3.63, 3.8) is 0 Å². The van der Waals surface area contributed by atoms with Crippen molar-refractivity contribution in [3.8, 4) is 0 Å². The predicted octanol–water partition coefficient (Wildman–Crippen LogP) is 2.52. The molecule has 1 amide bonds. The normalized spacial score (nSPS) is 25.3. The topological polar surface area (TPSA) is 32.3 Å².